The molecule has 0 unspecified atom stereocenters. The number of hydrogen-bond acceptors (Lipinski definition) is 1. The van der Waals surface area contributed by atoms with Crippen LogP contribution < -0.4 is 0 Å². The van der Waals surface area contributed by atoms with E-state index < -0.39 is 0 Å². The van der Waals surface area contributed by atoms with Crippen molar-refractivity contribution in [3.8, 4) is 0 Å². The summed E-state index contributed by atoms with van der Waals surface area (Å²) in [5.74, 6) is -0.238. The van der Waals surface area contributed by atoms with Gasteiger partial charge in [-0.05, 0) is 23.1 Å². The van der Waals surface area contributed by atoms with Gasteiger partial charge in [-0.25, -0.2) is 4.39 Å². The van der Waals surface area contributed by atoms with Gasteiger partial charge in [0.25, 0.3) is 0 Å². The largest absolute Gasteiger partial charge is 0.274 e. The fraction of sp³-hybridized carbons (Fsp3) is 0.417. The predicted molar refractivity (Wildman–Crippen MR) is 59.4 cm³/mol. The number of hydrogen-bond donors (Lipinski definition) is 0. The van der Waals surface area contributed by atoms with E-state index in [4.69, 9.17) is 0 Å². The van der Waals surface area contributed by atoms with Gasteiger partial charge in [-0.1, -0.05) is 20.8 Å². The van der Waals surface area contributed by atoms with Crippen LogP contribution in [0.3, 0.4) is 0 Å². The second-order valence-corrected chi connectivity index (χ2v) is 4.95. The molecule has 0 aliphatic rings. The third-order valence-corrected chi connectivity index (χ3v) is 2.54. The van der Waals surface area contributed by atoms with Gasteiger partial charge in [-0.15, -0.1) is 0 Å². The number of benzene rings is 1. The second kappa shape index (κ2) is 3.05. The summed E-state index contributed by atoms with van der Waals surface area (Å²) < 4.78 is 15.4. The fourth-order valence-electron chi connectivity index (χ4n) is 1.65. The van der Waals surface area contributed by atoms with E-state index in [0.717, 1.165) is 10.9 Å². The quantitative estimate of drug-likeness (QED) is 0.648. The summed E-state index contributed by atoms with van der Waals surface area (Å²) >= 11 is 0. The topological polar surface area (TPSA) is 17.8 Å². The molecule has 0 aliphatic carbocycles. The van der Waals surface area contributed by atoms with Crippen LogP contribution in [0.2, 0.25) is 0 Å². The molecule has 2 aromatic rings. The van der Waals surface area contributed by atoms with Crippen molar-refractivity contribution in [1.82, 2.24) is 9.78 Å². The van der Waals surface area contributed by atoms with Crippen LogP contribution in [0.15, 0.2) is 18.3 Å². The normalized spacial score (nSPS) is 12.3. The highest BCUT2D eigenvalue weighted by atomic mass is 19.1. The summed E-state index contributed by atoms with van der Waals surface area (Å²) in [4.78, 5) is 0. The van der Waals surface area contributed by atoms with Gasteiger partial charge in [0.2, 0.25) is 0 Å². The average Bonchev–Trinajstić information content (AvgIpc) is 2.44. The van der Waals surface area contributed by atoms with E-state index in [9.17, 15) is 4.39 Å². The molecular formula is C12H15FN2. The monoisotopic (exact) mass is 206 g/mol. The first-order chi connectivity index (χ1) is 6.88. The Kier molecular flexibility index (Phi) is 2.07. The maximum atomic E-state index is 13.7. The third-order valence-electron chi connectivity index (χ3n) is 2.54. The highest BCUT2D eigenvalue weighted by Crippen LogP contribution is 2.27. The summed E-state index contributed by atoms with van der Waals surface area (Å²) in [5, 5.41) is 4.94. The lowest BCUT2D eigenvalue weighted by atomic mass is 9.86. The molecule has 1 aromatic heterocycles. The van der Waals surface area contributed by atoms with Crippen molar-refractivity contribution in [3.05, 3.63) is 29.7 Å². The van der Waals surface area contributed by atoms with Crippen molar-refractivity contribution in [3.63, 3.8) is 0 Å². The van der Waals surface area contributed by atoms with Crippen molar-refractivity contribution in [2.45, 2.75) is 26.2 Å². The Bertz CT molecular complexity index is 506. The molecule has 0 aliphatic heterocycles. The molecule has 0 radical (unpaired) electrons. The van der Waals surface area contributed by atoms with Crippen LogP contribution in [-0.2, 0) is 12.5 Å². The van der Waals surface area contributed by atoms with Crippen molar-refractivity contribution in [1.29, 1.82) is 0 Å². The first-order valence-corrected chi connectivity index (χ1v) is 5.01. The molecule has 0 amide bonds. The fourth-order valence-corrected chi connectivity index (χ4v) is 1.65. The summed E-state index contributed by atoms with van der Waals surface area (Å²) in [6.45, 7) is 6.22. The third kappa shape index (κ3) is 1.74. The van der Waals surface area contributed by atoms with Crippen molar-refractivity contribution in [2.24, 2.45) is 7.05 Å². The molecule has 0 atom stereocenters. The van der Waals surface area contributed by atoms with Gasteiger partial charge >= 0.3 is 0 Å². The van der Waals surface area contributed by atoms with E-state index in [1.54, 1.807) is 17.8 Å². The lowest BCUT2D eigenvalue weighted by Gasteiger charge is -2.18. The van der Waals surface area contributed by atoms with Crippen LogP contribution >= 0.6 is 0 Å². The van der Waals surface area contributed by atoms with Crippen LogP contribution in [0.5, 0.6) is 0 Å². The summed E-state index contributed by atoms with van der Waals surface area (Å²) in [6, 6.07) is 3.58. The number of aromatic nitrogens is 2. The Labute approximate surface area is 88.7 Å². The second-order valence-electron chi connectivity index (χ2n) is 4.95. The van der Waals surface area contributed by atoms with Gasteiger partial charge in [0.05, 0.1) is 0 Å². The van der Waals surface area contributed by atoms with Crippen LogP contribution in [0.4, 0.5) is 4.39 Å². The zero-order valence-corrected chi connectivity index (χ0v) is 9.50. The van der Waals surface area contributed by atoms with Crippen molar-refractivity contribution >= 4 is 10.9 Å². The molecule has 0 saturated carbocycles. The maximum absolute atomic E-state index is 13.7. The molecule has 0 bridgehead atoms. The van der Waals surface area contributed by atoms with Gasteiger partial charge in [0, 0.05) is 18.6 Å². The molecule has 0 fully saturated rings. The summed E-state index contributed by atoms with van der Waals surface area (Å²) in [6.07, 6.45) is 1.84. The minimum absolute atomic E-state index is 0.0368. The van der Waals surface area contributed by atoms with E-state index in [-0.39, 0.29) is 11.2 Å². The van der Waals surface area contributed by atoms with Crippen LogP contribution in [0, 0.1) is 5.82 Å². The molecule has 2 rings (SSSR count). The Morgan fingerprint density at radius 2 is 1.93 bits per heavy atom. The Hall–Kier alpha value is -1.38. The molecule has 0 saturated heterocycles. The molecule has 2 nitrogen and oxygen atoms in total. The van der Waals surface area contributed by atoms with Gasteiger partial charge in [-0.3, -0.25) is 4.68 Å². The Morgan fingerprint density at radius 1 is 1.27 bits per heavy atom. The lowest BCUT2D eigenvalue weighted by molar-refractivity contribution is 0.576. The molecule has 3 heteroatoms. The maximum Gasteiger partial charge on any atom is 0.151 e. The average molecular weight is 206 g/mol. The molecule has 80 valence electrons. The van der Waals surface area contributed by atoms with Crippen molar-refractivity contribution < 1.29 is 4.39 Å². The van der Waals surface area contributed by atoms with Gasteiger partial charge in [0.15, 0.2) is 5.82 Å². The SMILES string of the molecule is Cn1cc2cc(C(C)(C)C)cc(F)c2n1. The molecule has 0 N–H and O–H groups in total. The minimum atomic E-state index is -0.238. The van der Waals surface area contributed by atoms with E-state index in [2.05, 4.69) is 25.9 Å². The molecular weight excluding hydrogens is 191 g/mol. The molecule has 1 heterocycles. The van der Waals surface area contributed by atoms with Crippen LogP contribution in [0.1, 0.15) is 26.3 Å². The number of nitrogens with zero attached hydrogens (tertiary/aromatic N) is 2. The number of aryl methyl sites for hydroxylation is 1. The van der Waals surface area contributed by atoms with E-state index >= 15 is 0 Å². The van der Waals surface area contributed by atoms with Gasteiger partial charge in [-0.2, -0.15) is 5.10 Å². The van der Waals surface area contributed by atoms with E-state index in [0.29, 0.717) is 5.52 Å². The summed E-state index contributed by atoms with van der Waals surface area (Å²) in [5.41, 5.74) is 1.41. The van der Waals surface area contributed by atoms with E-state index in [1.165, 1.54) is 0 Å². The van der Waals surface area contributed by atoms with Crippen molar-refractivity contribution in [2.75, 3.05) is 0 Å². The Morgan fingerprint density at radius 3 is 2.53 bits per heavy atom. The van der Waals surface area contributed by atoms with Crippen LogP contribution in [-0.4, -0.2) is 9.78 Å². The smallest absolute Gasteiger partial charge is 0.151 e. The molecule has 15 heavy (non-hydrogen) atoms. The first-order valence-electron chi connectivity index (χ1n) is 5.01. The lowest BCUT2D eigenvalue weighted by Crippen LogP contribution is -2.11. The first kappa shape index (κ1) is 10.1. The molecule has 1 aromatic carbocycles. The Balaban J connectivity index is 2.72. The van der Waals surface area contributed by atoms with E-state index in [1.807, 2.05) is 12.3 Å². The molecule has 0 spiro atoms. The standard InChI is InChI=1S/C12H15FN2/c1-12(2,3)9-5-8-7-15(4)14-11(8)10(13)6-9/h5-7H,1-4H3. The van der Waals surface area contributed by atoms with Crippen LogP contribution in [0.25, 0.3) is 10.9 Å². The zero-order chi connectivity index (χ0) is 11.2. The number of rotatable bonds is 0. The zero-order valence-electron chi connectivity index (χ0n) is 9.50. The predicted octanol–water partition coefficient (Wildman–Crippen LogP) is 3.01. The highest BCUT2D eigenvalue weighted by molar-refractivity contribution is 5.79. The minimum Gasteiger partial charge on any atom is -0.274 e. The number of fused-ring (bicyclic) bond motifs is 1. The van der Waals surface area contributed by atoms with Gasteiger partial charge < -0.3 is 0 Å². The highest BCUT2D eigenvalue weighted by Gasteiger charge is 2.17. The van der Waals surface area contributed by atoms with Gasteiger partial charge in [0.1, 0.15) is 5.52 Å². The number of halogens is 1. The summed E-state index contributed by atoms with van der Waals surface area (Å²) in [7, 11) is 1.80.